The summed E-state index contributed by atoms with van der Waals surface area (Å²) in [5.41, 5.74) is 0.531. The smallest absolute Gasteiger partial charge is 0.244 e. The molecule has 1 atom stereocenters. The average Bonchev–Trinajstić information content (AvgIpc) is 2.86. The molecule has 0 radical (unpaired) electrons. The Morgan fingerprint density at radius 1 is 1.31 bits per heavy atom. The number of carbonyl (C=O) groups excluding carboxylic acids is 3. The first-order valence-corrected chi connectivity index (χ1v) is 10.6. The fraction of sp³-hybridized carbons (Fsp3) is 0.476. The number of hydrogen-bond acceptors (Lipinski definition) is 6. The van der Waals surface area contributed by atoms with Crippen LogP contribution < -0.4 is 10.6 Å². The Morgan fingerprint density at radius 3 is 2.76 bits per heavy atom. The van der Waals surface area contributed by atoms with E-state index in [1.165, 1.54) is 30.2 Å². The second-order valence-corrected chi connectivity index (χ2v) is 7.60. The minimum absolute atomic E-state index is 0.0281. The zero-order valence-corrected chi connectivity index (χ0v) is 18.1. The number of allylic oxidation sites excluding steroid dienone is 5. The summed E-state index contributed by atoms with van der Waals surface area (Å²) in [5, 5.41) is 16.8. The molecule has 0 aromatic rings. The molecule has 0 bridgehead atoms. The summed E-state index contributed by atoms with van der Waals surface area (Å²) in [5.74, 6) is -0.815. The largest absolute Gasteiger partial charge is 0.508 e. The second kappa shape index (κ2) is 13.8. The summed E-state index contributed by atoms with van der Waals surface area (Å²) in [6.07, 6.45) is 10.3. The molecule has 29 heavy (non-hydrogen) atoms. The highest BCUT2D eigenvalue weighted by Crippen LogP contribution is 2.17. The highest BCUT2D eigenvalue weighted by Gasteiger charge is 2.26. The van der Waals surface area contributed by atoms with Crippen LogP contribution in [0.4, 0.5) is 0 Å². The van der Waals surface area contributed by atoms with Crippen LogP contribution in [0.15, 0.2) is 47.1 Å². The summed E-state index contributed by atoms with van der Waals surface area (Å²) < 4.78 is 1.99. The molecule has 1 aliphatic heterocycles. The van der Waals surface area contributed by atoms with Crippen molar-refractivity contribution >= 4 is 29.5 Å². The van der Waals surface area contributed by atoms with E-state index in [2.05, 4.69) is 17.6 Å². The number of carbonyl (C=O) groups is 3. The first-order valence-electron chi connectivity index (χ1n) is 9.74. The van der Waals surface area contributed by atoms with Crippen molar-refractivity contribution < 1.29 is 19.5 Å². The number of aliphatic hydroxyl groups is 1. The Morgan fingerprint density at radius 2 is 2.07 bits per heavy atom. The van der Waals surface area contributed by atoms with E-state index in [0.717, 1.165) is 19.4 Å². The minimum atomic E-state index is -0.529. The molecule has 0 aromatic heterocycles. The summed E-state index contributed by atoms with van der Waals surface area (Å²) in [6.45, 7) is 6.34. The Balaban J connectivity index is 2.46. The fourth-order valence-electron chi connectivity index (χ4n) is 2.51. The maximum atomic E-state index is 12.4. The number of rotatable bonds is 9. The Bertz CT molecular complexity index is 698. The molecule has 1 rings (SSSR count). The minimum Gasteiger partial charge on any atom is -0.508 e. The van der Waals surface area contributed by atoms with Gasteiger partial charge in [0.25, 0.3) is 0 Å². The number of nitrogens with one attached hydrogen (secondary N) is 2. The molecular formula is C21H31N3O4S. The van der Waals surface area contributed by atoms with Crippen LogP contribution in [0.5, 0.6) is 0 Å². The van der Waals surface area contributed by atoms with Gasteiger partial charge in [0.05, 0.1) is 19.1 Å². The van der Waals surface area contributed by atoms with Gasteiger partial charge in [0.1, 0.15) is 5.76 Å². The number of Topliss-reactive ketones (excluding diaryl/α,β-unsaturated/α-hetero) is 1. The van der Waals surface area contributed by atoms with E-state index in [1.807, 2.05) is 15.8 Å². The predicted octanol–water partition coefficient (Wildman–Crippen LogP) is 2.79. The zero-order chi connectivity index (χ0) is 21.6. The van der Waals surface area contributed by atoms with E-state index < -0.39 is 17.9 Å². The van der Waals surface area contributed by atoms with Gasteiger partial charge >= 0.3 is 0 Å². The topological polar surface area (TPSA) is 98.7 Å². The van der Waals surface area contributed by atoms with Crippen molar-refractivity contribution in [3.8, 4) is 0 Å². The third-order valence-corrected chi connectivity index (χ3v) is 5.06. The van der Waals surface area contributed by atoms with Crippen LogP contribution in [0, 0.1) is 0 Å². The van der Waals surface area contributed by atoms with E-state index in [4.69, 9.17) is 0 Å². The van der Waals surface area contributed by atoms with Gasteiger partial charge in [-0.05, 0) is 50.2 Å². The van der Waals surface area contributed by atoms with Gasteiger partial charge in [0, 0.05) is 12.6 Å². The van der Waals surface area contributed by atoms with Gasteiger partial charge in [-0.15, -0.1) is 0 Å². The van der Waals surface area contributed by atoms with E-state index in [0.29, 0.717) is 12.0 Å². The van der Waals surface area contributed by atoms with Crippen molar-refractivity contribution in [1.82, 2.24) is 14.9 Å². The van der Waals surface area contributed by atoms with Crippen LogP contribution in [0.2, 0.25) is 0 Å². The number of amides is 2. The summed E-state index contributed by atoms with van der Waals surface area (Å²) in [6, 6.07) is -0.529. The van der Waals surface area contributed by atoms with Crippen LogP contribution in [-0.4, -0.2) is 52.7 Å². The number of hydrogen-bond donors (Lipinski definition) is 3. The van der Waals surface area contributed by atoms with Crippen molar-refractivity contribution in [2.45, 2.75) is 46.1 Å². The van der Waals surface area contributed by atoms with Gasteiger partial charge in [-0.1, -0.05) is 37.1 Å². The normalized spacial score (nSPS) is 19.6. The average molecular weight is 422 g/mol. The monoisotopic (exact) mass is 421 g/mol. The van der Waals surface area contributed by atoms with Gasteiger partial charge < -0.3 is 15.7 Å². The van der Waals surface area contributed by atoms with Gasteiger partial charge in [0.15, 0.2) is 5.78 Å². The molecule has 0 saturated carbocycles. The molecule has 0 aliphatic carbocycles. The number of ketones is 1. The molecule has 1 aliphatic rings. The first-order chi connectivity index (χ1) is 13.9. The van der Waals surface area contributed by atoms with Crippen molar-refractivity contribution in [1.29, 1.82) is 0 Å². The second-order valence-electron chi connectivity index (χ2n) is 6.60. The third kappa shape index (κ3) is 10.1. The van der Waals surface area contributed by atoms with Crippen LogP contribution in [0.1, 0.15) is 40.0 Å². The molecule has 3 N–H and O–H groups in total. The highest BCUT2D eigenvalue weighted by molar-refractivity contribution is 7.99. The van der Waals surface area contributed by atoms with Gasteiger partial charge in [0.2, 0.25) is 11.8 Å². The maximum Gasteiger partial charge on any atom is 0.244 e. The van der Waals surface area contributed by atoms with Crippen LogP contribution in [0.3, 0.4) is 0 Å². The van der Waals surface area contributed by atoms with Crippen molar-refractivity contribution in [3.05, 3.63) is 47.1 Å². The SMILES string of the molecule is C\C=C/C(O)=C(C)/C=C/C(=O)NCC(=O)NC1CCCN(S/C=C/CC)CC1=O. The first kappa shape index (κ1) is 24.7. The summed E-state index contributed by atoms with van der Waals surface area (Å²) in [4.78, 5) is 36.3. The molecule has 7 nitrogen and oxygen atoms in total. The molecule has 8 heteroatoms. The number of aliphatic hydroxyl groups excluding tert-OH is 1. The molecule has 1 unspecified atom stereocenters. The lowest BCUT2D eigenvalue weighted by molar-refractivity contribution is -0.128. The van der Waals surface area contributed by atoms with E-state index in [-0.39, 0.29) is 24.6 Å². The molecule has 1 heterocycles. The molecule has 2 amide bonds. The molecule has 1 fully saturated rings. The highest BCUT2D eigenvalue weighted by atomic mass is 32.2. The Kier molecular flexibility index (Phi) is 11.8. The Labute approximate surface area is 177 Å². The lowest BCUT2D eigenvalue weighted by atomic mass is 10.1. The standard InChI is InChI=1S/C21H31N3O4S/c1-4-6-13-29-24-12-7-9-17(19(26)15-24)23-21(28)14-22-20(27)11-10-16(3)18(25)8-5-2/h5-6,8,10-11,13,17,25H,4,7,9,12,14-15H2,1-3H3,(H,22,27)(H,23,28)/b8-5-,11-10+,13-6+,18-16-. The third-order valence-electron chi connectivity index (χ3n) is 4.13. The lowest BCUT2D eigenvalue weighted by Gasteiger charge is -2.17. The van der Waals surface area contributed by atoms with Crippen molar-refractivity contribution in [2.75, 3.05) is 19.6 Å². The molecule has 0 aromatic carbocycles. The predicted molar refractivity (Wildman–Crippen MR) is 117 cm³/mol. The molecule has 1 saturated heterocycles. The Hall–Kier alpha value is -2.32. The van der Waals surface area contributed by atoms with Gasteiger partial charge in [-0.25, -0.2) is 4.31 Å². The van der Waals surface area contributed by atoms with E-state index in [1.54, 1.807) is 19.9 Å². The molecule has 0 spiro atoms. The van der Waals surface area contributed by atoms with Crippen molar-refractivity contribution in [2.24, 2.45) is 0 Å². The van der Waals surface area contributed by atoms with Gasteiger partial charge in [-0.2, -0.15) is 0 Å². The quantitative estimate of drug-likeness (QED) is 0.229. The van der Waals surface area contributed by atoms with Crippen LogP contribution >= 0.6 is 11.9 Å². The zero-order valence-electron chi connectivity index (χ0n) is 17.3. The summed E-state index contributed by atoms with van der Waals surface area (Å²) in [7, 11) is 0. The van der Waals surface area contributed by atoms with E-state index in [9.17, 15) is 19.5 Å². The summed E-state index contributed by atoms with van der Waals surface area (Å²) >= 11 is 1.52. The van der Waals surface area contributed by atoms with Crippen molar-refractivity contribution in [3.63, 3.8) is 0 Å². The van der Waals surface area contributed by atoms with E-state index >= 15 is 0 Å². The molecular weight excluding hydrogens is 390 g/mol. The number of nitrogens with zero attached hydrogens (tertiary/aromatic N) is 1. The van der Waals surface area contributed by atoms with Crippen LogP contribution in [0.25, 0.3) is 0 Å². The van der Waals surface area contributed by atoms with Gasteiger partial charge in [-0.3, -0.25) is 14.4 Å². The maximum absolute atomic E-state index is 12.4. The molecule has 160 valence electrons. The van der Waals surface area contributed by atoms with Crippen LogP contribution in [-0.2, 0) is 14.4 Å². The fourth-order valence-corrected chi connectivity index (χ4v) is 3.40. The lowest BCUT2D eigenvalue weighted by Crippen LogP contribution is -2.46.